The molecule has 9 heteroatoms. The van der Waals surface area contributed by atoms with Crippen LogP contribution in [0.25, 0.3) is 5.82 Å². The molecule has 4 aromatic rings. The molecule has 8 nitrogen and oxygen atoms in total. The fourth-order valence-corrected chi connectivity index (χ4v) is 3.32. The van der Waals surface area contributed by atoms with Gasteiger partial charge < -0.3 is 10.6 Å². The van der Waals surface area contributed by atoms with Crippen molar-refractivity contribution >= 4 is 29.9 Å². The van der Waals surface area contributed by atoms with Gasteiger partial charge in [0.25, 0.3) is 0 Å². The molecule has 4 rings (SSSR count). The summed E-state index contributed by atoms with van der Waals surface area (Å²) in [7, 11) is 1.77. The third-order valence-electron chi connectivity index (χ3n) is 5.02. The van der Waals surface area contributed by atoms with Crippen molar-refractivity contribution in [1.29, 1.82) is 0 Å². The molecule has 0 unspecified atom stereocenters. The van der Waals surface area contributed by atoms with E-state index in [0.29, 0.717) is 13.1 Å². The van der Waals surface area contributed by atoms with Gasteiger partial charge in [0.1, 0.15) is 11.6 Å². The molecule has 0 atom stereocenters. The number of aliphatic imine (C=N–C) groups is 1. The van der Waals surface area contributed by atoms with Crippen LogP contribution in [0, 0.1) is 6.92 Å². The molecular formula is C23H27IN8. The van der Waals surface area contributed by atoms with Crippen molar-refractivity contribution in [2.45, 2.75) is 26.6 Å². The first-order valence-corrected chi connectivity index (χ1v) is 10.2. The third-order valence-corrected chi connectivity index (χ3v) is 5.02. The van der Waals surface area contributed by atoms with Crippen LogP contribution < -0.4 is 10.6 Å². The Balaban J connectivity index is 0.00000289. The van der Waals surface area contributed by atoms with Crippen molar-refractivity contribution in [3.63, 3.8) is 0 Å². The fraction of sp³-hybridized carbons (Fsp3) is 0.217. The highest BCUT2D eigenvalue weighted by Gasteiger charge is 2.06. The predicted octanol–water partition coefficient (Wildman–Crippen LogP) is 3.30. The second-order valence-electron chi connectivity index (χ2n) is 7.12. The van der Waals surface area contributed by atoms with Gasteiger partial charge in [-0.2, -0.15) is 5.10 Å². The standard InChI is InChI=1S/C23H26N8.HI/c1-18-25-11-13-31(18)22-9-8-19(14-26-22)15-27-23(24-2)28-16-20-6-3-4-7-21(20)17-30-12-5-10-29-30;/h3-14H,15-17H2,1-2H3,(H2,24,27,28);1H. The number of nitrogens with zero attached hydrogens (tertiary/aromatic N) is 6. The highest BCUT2D eigenvalue weighted by molar-refractivity contribution is 14.0. The van der Waals surface area contributed by atoms with Gasteiger partial charge in [-0.3, -0.25) is 14.2 Å². The summed E-state index contributed by atoms with van der Waals surface area (Å²) in [6.45, 7) is 4.00. The van der Waals surface area contributed by atoms with Gasteiger partial charge in [0.2, 0.25) is 0 Å². The zero-order chi connectivity index (χ0) is 21.5. The van der Waals surface area contributed by atoms with Crippen LogP contribution in [-0.2, 0) is 19.6 Å². The van der Waals surface area contributed by atoms with E-state index in [1.165, 1.54) is 11.1 Å². The first-order chi connectivity index (χ1) is 15.2. The number of imidazole rings is 1. The molecule has 0 saturated carbocycles. The number of benzene rings is 1. The van der Waals surface area contributed by atoms with Crippen molar-refractivity contribution in [1.82, 2.24) is 34.9 Å². The number of aryl methyl sites for hydroxylation is 1. The van der Waals surface area contributed by atoms with Crippen LogP contribution in [0.4, 0.5) is 0 Å². The van der Waals surface area contributed by atoms with E-state index in [1.807, 2.05) is 46.9 Å². The fourth-order valence-electron chi connectivity index (χ4n) is 3.32. The average molecular weight is 542 g/mol. The molecule has 32 heavy (non-hydrogen) atoms. The molecule has 2 N–H and O–H groups in total. The summed E-state index contributed by atoms with van der Waals surface area (Å²) in [4.78, 5) is 13.1. The van der Waals surface area contributed by atoms with Crippen LogP contribution in [-0.4, -0.2) is 37.3 Å². The summed E-state index contributed by atoms with van der Waals surface area (Å²) in [6.07, 6.45) is 9.32. The van der Waals surface area contributed by atoms with Crippen molar-refractivity contribution in [3.05, 3.63) is 96.0 Å². The van der Waals surface area contributed by atoms with Crippen LogP contribution in [0.15, 0.2) is 78.4 Å². The number of rotatable bonds is 7. The van der Waals surface area contributed by atoms with E-state index in [1.54, 1.807) is 19.4 Å². The lowest BCUT2D eigenvalue weighted by Gasteiger charge is -2.14. The third kappa shape index (κ3) is 5.94. The van der Waals surface area contributed by atoms with E-state index < -0.39 is 0 Å². The van der Waals surface area contributed by atoms with Gasteiger partial charge in [-0.15, -0.1) is 24.0 Å². The predicted molar refractivity (Wildman–Crippen MR) is 136 cm³/mol. The van der Waals surface area contributed by atoms with Gasteiger partial charge >= 0.3 is 0 Å². The molecule has 3 heterocycles. The largest absolute Gasteiger partial charge is 0.352 e. The Kier molecular flexibility index (Phi) is 8.37. The normalized spacial score (nSPS) is 11.1. The SMILES string of the molecule is CN=C(NCc1ccc(-n2ccnc2C)nc1)NCc1ccccc1Cn1cccn1.I. The maximum Gasteiger partial charge on any atom is 0.191 e. The van der Waals surface area contributed by atoms with Crippen LogP contribution >= 0.6 is 24.0 Å². The minimum atomic E-state index is 0. The molecule has 0 spiro atoms. The van der Waals surface area contributed by atoms with E-state index in [0.717, 1.165) is 29.7 Å². The van der Waals surface area contributed by atoms with Crippen molar-refractivity contribution in [3.8, 4) is 5.82 Å². The maximum atomic E-state index is 4.54. The van der Waals surface area contributed by atoms with Crippen LogP contribution in [0.3, 0.4) is 0 Å². The Morgan fingerprint density at radius 1 is 0.938 bits per heavy atom. The second-order valence-corrected chi connectivity index (χ2v) is 7.12. The number of guanidine groups is 1. The summed E-state index contributed by atoms with van der Waals surface area (Å²) < 4.78 is 3.88. The first-order valence-electron chi connectivity index (χ1n) is 10.2. The highest BCUT2D eigenvalue weighted by Crippen LogP contribution is 2.11. The summed E-state index contributed by atoms with van der Waals surface area (Å²) in [5, 5.41) is 11.0. The molecule has 0 aliphatic heterocycles. The van der Waals surface area contributed by atoms with Gasteiger partial charge in [0.05, 0.1) is 6.54 Å². The van der Waals surface area contributed by atoms with E-state index >= 15 is 0 Å². The Labute approximate surface area is 204 Å². The van der Waals surface area contributed by atoms with Crippen LogP contribution in [0.1, 0.15) is 22.5 Å². The summed E-state index contributed by atoms with van der Waals surface area (Å²) in [5.41, 5.74) is 3.51. The Morgan fingerprint density at radius 2 is 1.75 bits per heavy atom. The van der Waals surface area contributed by atoms with Gasteiger partial charge in [-0.05, 0) is 35.7 Å². The van der Waals surface area contributed by atoms with Crippen molar-refractivity contribution in [2.24, 2.45) is 4.99 Å². The summed E-state index contributed by atoms with van der Waals surface area (Å²) in [6, 6.07) is 14.3. The number of nitrogens with one attached hydrogen (secondary N) is 2. The number of pyridine rings is 1. The maximum absolute atomic E-state index is 4.54. The van der Waals surface area contributed by atoms with E-state index in [9.17, 15) is 0 Å². The monoisotopic (exact) mass is 542 g/mol. The minimum absolute atomic E-state index is 0. The number of hydrogen-bond acceptors (Lipinski definition) is 4. The van der Waals surface area contributed by atoms with Gasteiger partial charge in [-0.1, -0.05) is 30.3 Å². The molecular weight excluding hydrogens is 515 g/mol. The smallest absolute Gasteiger partial charge is 0.191 e. The van der Waals surface area contributed by atoms with Gasteiger partial charge in [0.15, 0.2) is 5.96 Å². The summed E-state index contributed by atoms with van der Waals surface area (Å²) in [5.74, 6) is 2.51. The van der Waals surface area contributed by atoms with E-state index in [-0.39, 0.29) is 24.0 Å². The minimum Gasteiger partial charge on any atom is -0.352 e. The molecule has 3 aromatic heterocycles. The number of aromatic nitrogens is 5. The first kappa shape index (κ1) is 23.5. The lowest BCUT2D eigenvalue weighted by atomic mass is 10.1. The molecule has 0 aliphatic rings. The van der Waals surface area contributed by atoms with E-state index in [4.69, 9.17) is 0 Å². The van der Waals surface area contributed by atoms with E-state index in [2.05, 4.69) is 61.0 Å². The molecule has 0 saturated heterocycles. The molecule has 0 fully saturated rings. The molecule has 0 radical (unpaired) electrons. The lowest BCUT2D eigenvalue weighted by molar-refractivity contribution is 0.677. The zero-order valence-electron chi connectivity index (χ0n) is 18.1. The topological polar surface area (TPSA) is 85.0 Å². The molecule has 0 amide bonds. The molecule has 0 aliphatic carbocycles. The van der Waals surface area contributed by atoms with Crippen molar-refractivity contribution in [2.75, 3.05) is 7.05 Å². The van der Waals surface area contributed by atoms with Crippen LogP contribution in [0.2, 0.25) is 0 Å². The van der Waals surface area contributed by atoms with Crippen molar-refractivity contribution < 1.29 is 0 Å². The molecule has 1 aromatic carbocycles. The highest BCUT2D eigenvalue weighted by atomic mass is 127. The Morgan fingerprint density at radius 3 is 2.41 bits per heavy atom. The number of hydrogen-bond donors (Lipinski definition) is 2. The van der Waals surface area contributed by atoms with Gasteiger partial charge in [0, 0.05) is 51.1 Å². The quantitative estimate of drug-likeness (QED) is 0.213. The Bertz CT molecular complexity index is 1130. The molecule has 0 bridgehead atoms. The molecule has 166 valence electrons. The zero-order valence-corrected chi connectivity index (χ0v) is 20.5. The van der Waals surface area contributed by atoms with Gasteiger partial charge in [-0.25, -0.2) is 9.97 Å². The average Bonchev–Trinajstić information content (AvgIpc) is 3.47. The second kappa shape index (κ2) is 11.4. The Hall–Kier alpha value is -3.21. The number of halogens is 1. The lowest BCUT2D eigenvalue weighted by Crippen LogP contribution is -2.36. The van der Waals surface area contributed by atoms with Crippen LogP contribution in [0.5, 0.6) is 0 Å². The summed E-state index contributed by atoms with van der Waals surface area (Å²) >= 11 is 0.